The minimum Gasteiger partial charge on any atom is -0.478 e. The summed E-state index contributed by atoms with van der Waals surface area (Å²) in [7, 11) is 0. The van der Waals surface area contributed by atoms with Crippen LogP contribution in [0.4, 0.5) is 11.4 Å². The van der Waals surface area contributed by atoms with Gasteiger partial charge in [0.2, 0.25) is 0 Å². The van der Waals surface area contributed by atoms with Crippen LogP contribution in [0.3, 0.4) is 0 Å². The first kappa shape index (κ1) is 67.4. The third-order valence-corrected chi connectivity index (χ3v) is 16.7. The molecule has 2 saturated heterocycles. The molecule has 0 unspecified atom stereocenters. The fourth-order valence-corrected chi connectivity index (χ4v) is 13.1. The number of nitrogens with zero attached hydrogens (tertiary/aromatic N) is 5. The monoisotopic (exact) mass is 1570 g/mol. The molecule has 20 heteroatoms. The molecular weight excluding hydrogens is 1510 g/mol. The molecule has 5 aromatic carbocycles. The van der Waals surface area contributed by atoms with E-state index in [4.69, 9.17) is 5.11 Å². The molecule has 2 atom stereocenters. The van der Waals surface area contributed by atoms with Gasteiger partial charge in [-0.1, -0.05) is 95.8 Å². The van der Waals surface area contributed by atoms with Gasteiger partial charge in [-0.05, 0) is 217 Å². The van der Waals surface area contributed by atoms with Gasteiger partial charge in [0.1, 0.15) is 0 Å². The van der Waals surface area contributed by atoms with E-state index in [2.05, 4.69) is 171 Å². The quantitative estimate of drug-likeness (QED) is 0.0530. The summed E-state index contributed by atoms with van der Waals surface area (Å²) in [6.07, 6.45) is 9.39. The van der Waals surface area contributed by atoms with E-state index >= 15 is 0 Å². The second-order valence-corrected chi connectivity index (χ2v) is 26.0. The Hall–Kier alpha value is -6.15. The number of rotatable bonds is 15. The summed E-state index contributed by atoms with van der Waals surface area (Å²) < 4.78 is 4.49. The van der Waals surface area contributed by atoms with Crippen molar-refractivity contribution in [3.05, 3.63) is 234 Å². The van der Waals surface area contributed by atoms with Crippen molar-refractivity contribution in [2.75, 3.05) is 36.1 Å². The smallest absolute Gasteiger partial charge is 0.335 e. The molecule has 3 amide bonds. The molecule has 2 aliphatic rings. The van der Waals surface area contributed by atoms with Crippen molar-refractivity contribution < 1.29 is 34.5 Å². The van der Waals surface area contributed by atoms with E-state index in [1.54, 1.807) is 30.7 Å². The lowest BCUT2D eigenvalue weighted by atomic mass is 10.00. The minimum atomic E-state index is -0.899. The molecule has 8 aromatic rings. The number of hydrogen-bond acceptors (Lipinski definition) is 11. The highest BCUT2D eigenvalue weighted by molar-refractivity contribution is 14.1. The lowest BCUT2D eigenvalue weighted by Gasteiger charge is -2.26. The Balaban J connectivity index is 0.000000173. The number of carbonyl (C=O) groups is 4. The van der Waals surface area contributed by atoms with Crippen molar-refractivity contribution in [2.24, 2.45) is 0 Å². The van der Waals surface area contributed by atoms with Crippen molar-refractivity contribution in [1.82, 2.24) is 30.9 Å². The topological polar surface area (TPSA) is 210 Å². The van der Waals surface area contributed by atoms with E-state index in [9.17, 15) is 29.4 Å². The second kappa shape index (κ2) is 33.3. The average molecular weight is 1580 g/mol. The van der Waals surface area contributed by atoms with Gasteiger partial charge in [-0.2, -0.15) is 0 Å². The van der Waals surface area contributed by atoms with Gasteiger partial charge in [-0.15, -0.1) is 0 Å². The summed E-state index contributed by atoms with van der Waals surface area (Å²) in [6.45, 7) is 11.3. The zero-order valence-corrected chi connectivity index (χ0v) is 57.0. The lowest BCUT2D eigenvalue weighted by Crippen LogP contribution is -2.32. The predicted octanol–water partition coefficient (Wildman–Crippen LogP) is 13.7. The number of aliphatic hydroxyl groups is 2. The van der Waals surface area contributed by atoms with E-state index in [1.165, 1.54) is 5.56 Å². The number of benzene rings is 5. The van der Waals surface area contributed by atoms with Gasteiger partial charge in [-0.3, -0.25) is 29.3 Å². The van der Waals surface area contributed by atoms with Crippen molar-refractivity contribution in [1.29, 1.82) is 0 Å². The summed E-state index contributed by atoms with van der Waals surface area (Å²) in [5.41, 5.74) is 13.2. The number of carboxylic acids is 1. The van der Waals surface area contributed by atoms with Gasteiger partial charge in [0.05, 0.1) is 30.9 Å². The van der Waals surface area contributed by atoms with E-state index in [-0.39, 0.29) is 43.0 Å². The molecule has 5 heterocycles. The fourth-order valence-electron chi connectivity index (χ4n) is 9.45. The minimum absolute atomic E-state index is 0.0835. The third-order valence-electron chi connectivity index (χ3n) is 14.1. The maximum atomic E-state index is 13.0. The van der Waals surface area contributed by atoms with Crippen LogP contribution in [-0.4, -0.2) is 92.3 Å². The van der Waals surface area contributed by atoms with Crippen LogP contribution in [0.1, 0.15) is 106 Å². The zero-order valence-electron chi connectivity index (χ0n) is 48.0. The number of nitrogens with one attached hydrogen (secondary N) is 3. The SMILES string of the molecule is Cc1ccc(-c2cc(C(=O)NCc3ccc(C)nc3)cc(N3CCC[C@H]3CO)c2)cc1.Cc1ccc(CNC(=O)c2cc(Br)cc(I)c2)cn1.Cc1ccc(CNC(=O)c2cc(Br)cc(N3CCC[C@H]3CO)c2)cn1.O=C(O)c1cc(Br)cc(I)c1. The molecule has 10 rings (SSSR count). The normalized spacial score (nSPS) is 14.1. The molecule has 6 N–H and O–H groups in total. The zero-order chi connectivity index (χ0) is 61.9. The first-order valence-corrected chi connectivity index (χ1v) is 32.3. The Labute approximate surface area is 554 Å². The van der Waals surface area contributed by atoms with Gasteiger partial charge in [0.25, 0.3) is 17.7 Å². The van der Waals surface area contributed by atoms with Gasteiger partial charge in [0.15, 0.2) is 0 Å². The maximum absolute atomic E-state index is 13.0. The molecule has 0 aliphatic carbocycles. The Bertz CT molecular complexity index is 3560. The van der Waals surface area contributed by atoms with Gasteiger partial charge < -0.3 is 41.1 Å². The van der Waals surface area contributed by atoms with Crippen LogP contribution in [0.25, 0.3) is 11.1 Å². The summed E-state index contributed by atoms with van der Waals surface area (Å²) in [5.74, 6) is -1.22. The highest BCUT2D eigenvalue weighted by atomic mass is 127. The van der Waals surface area contributed by atoms with Crippen LogP contribution < -0.4 is 25.8 Å². The Morgan fingerprint density at radius 2 is 0.872 bits per heavy atom. The molecule has 15 nitrogen and oxygen atoms in total. The Morgan fingerprint density at radius 3 is 1.27 bits per heavy atom. The molecule has 86 heavy (non-hydrogen) atoms. The number of aliphatic hydroxyl groups excluding tert-OH is 2. The van der Waals surface area contributed by atoms with Crippen LogP contribution in [0.2, 0.25) is 0 Å². The third kappa shape index (κ3) is 20.8. The molecule has 0 bridgehead atoms. The standard InChI is InChI=1S/C26H29N3O2.C19H22BrN3O2.C14H12BrIN2O.C7H4BrIO2/c1-18-5-9-21(10-6-18)22-12-23(14-25(13-22)29-11-3-4-24(29)17-30)26(31)28-16-20-8-7-19(2)27-15-20;1-13-4-5-14(10-21-13)11-22-19(25)15-7-16(20)9-18(8-15)23-6-2-3-17(23)12-24;1-9-2-3-10(7-17-9)8-18-14(19)11-4-12(15)6-13(16)5-11;8-5-1-4(7(10)11)2-6(9)3-5/h5-10,12-15,24,30H,3-4,11,16-17H2,1-2H3,(H,28,31);4-5,7-10,17,24H,2-3,6,11-12H2,1H3,(H,22,25);2-7H,8H2,1H3,(H,18,19);1-3H,(H,10,11)/t24-;17-;;/m00../s1. The van der Waals surface area contributed by atoms with Crippen molar-refractivity contribution in [3.8, 4) is 11.1 Å². The summed E-state index contributed by atoms with van der Waals surface area (Å²) in [4.78, 5) is 65.2. The summed E-state index contributed by atoms with van der Waals surface area (Å²) in [5, 5.41) is 36.8. The second-order valence-electron chi connectivity index (χ2n) is 20.8. The van der Waals surface area contributed by atoms with Crippen LogP contribution in [0.5, 0.6) is 0 Å². The molecular formula is C66H67Br3I2N8O7. The van der Waals surface area contributed by atoms with E-state index in [1.807, 2.05) is 112 Å². The Kier molecular flexibility index (Phi) is 26.1. The number of aromatic nitrogens is 3. The van der Waals surface area contributed by atoms with Crippen LogP contribution >= 0.6 is 93.0 Å². The molecule has 2 fully saturated rings. The van der Waals surface area contributed by atoms with E-state index in [0.717, 1.165) is 116 Å². The summed E-state index contributed by atoms with van der Waals surface area (Å²) in [6, 6.07) is 42.7. The number of halogens is 5. The number of hydrogen-bond donors (Lipinski definition) is 6. The van der Waals surface area contributed by atoms with Crippen molar-refractivity contribution >= 4 is 128 Å². The van der Waals surface area contributed by atoms with Crippen molar-refractivity contribution in [2.45, 2.75) is 85.1 Å². The van der Waals surface area contributed by atoms with E-state index < -0.39 is 5.97 Å². The molecule has 0 saturated carbocycles. The lowest BCUT2D eigenvalue weighted by molar-refractivity contribution is 0.0695. The number of anilines is 2. The fraction of sp³-hybridized carbons (Fsp3) is 0.258. The number of amides is 3. The first-order chi connectivity index (χ1) is 41.2. The Morgan fingerprint density at radius 1 is 0.488 bits per heavy atom. The average Bonchev–Trinajstić information content (AvgIpc) is 3.27. The maximum Gasteiger partial charge on any atom is 0.335 e. The molecule has 0 radical (unpaired) electrons. The highest BCUT2D eigenvalue weighted by Gasteiger charge is 2.27. The van der Waals surface area contributed by atoms with Gasteiger partial charge in [0, 0.05) is 117 Å². The summed E-state index contributed by atoms with van der Waals surface area (Å²) >= 11 is 14.4. The van der Waals surface area contributed by atoms with E-state index in [0.29, 0.717) is 41.9 Å². The van der Waals surface area contributed by atoms with Gasteiger partial charge >= 0.3 is 5.97 Å². The number of aromatic carboxylic acids is 1. The van der Waals surface area contributed by atoms with Crippen LogP contribution in [0, 0.1) is 34.8 Å². The number of pyridine rings is 3. The first-order valence-electron chi connectivity index (χ1n) is 27.8. The number of aryl methyl sites for hydroxylation is 4. The largest absolute Gasteiger partial charge is 0.478 e. The number of carboxylic acid groups (broad SMARTS) is 1. The molecule has 2 aliphatic heterocycles. The molecule has 0 spiro atoms. The van der Waals surface area contributed by atoms with Gasteiger partial charge in [-0.25, -0.2) is 4.79 Å². The van der Waals surface area contributed by atoms with Crippen molar-refractivity contribution in [3.63, 3.8) is 0 Å². The number of carbonyl (C=O) groups excluding carboxylic acids is 3. The molecule has 3 aromatic heterocycles. The highest BCUT2D eigenvalue weighted by Crippen LogP contribution is 2.33. The van der Waals surface area contributed by atoms with Crippen LogP contribution in [0.15, 0.2) is 165 Å². The molecule has 448 valence electrons. The van der Waals surface area contributed by atoms with Crippen LogP contribution in [-0.2, 0) is 19.6 Å². The predicted molar refractivity (Wildman–Crippen MR) is 367 cm³/mol.